The number of hydrogen-bond donors (Lipinski definition) is 0. The van der Waals surface area contributed by atoms with Crippen molar-refractivity contribution in [3.63, 3.8) is 0 Å². The molecule has 2 aromatic carbocycles. The third kappa shape index (κ3) is 3.01. The fourth-order valence-electron chi connectivity index (χ4n) is 1.93. The SMILES string of the molecule is CC(=O)Oc1ccc(C(=O)Oc2ccc3c(c2)OCO3)cc1. The average Bonchev–Trinajstić information content (AvgIpc) is 2.95. The molecule has 22 heavy (non-hydrogen) atoms. The monoisotopic (exact) mass is 300 g/mol. The lowest BCUT2D eigenvalue weighted by Crippen LogP contribution is -2.08. The molecule has 1 aliphatic rings. The van der Waals surface area contributed by atoms with E-state index in [1.54, 1.807) is 18.2 Å². The maximum atomic E-state index is 12.0. The summed E-state index contributed by atoms with van der Waals surface area (Å²) in [7, 11) is 0. The Balaban J connectivity index is 1.70. The van der Waals surface area contributed by atoms with Crippen molar-refractivity contribution in [3.05, 3.63) is 48.0 Å². The highest BCUT2D eigenvalue weighted by molar-refractivity contribution is 5.91. The van der Waals surface area contributed by atoms with Crippen LogP contribution in [-0.4, -0.2) is 18.7 Å². The Morgan fingerprint density at radius 3 is 2.32 bits per heavy atom. The van der Waals surface area contributed by atoms with E-state index in [1.165, 1.54) is 31.2 Å². The fourth-order valence-corrected chi connectivity index (χ4v) is 1.93. The van der Waals surface area contributed by atoms with Crippen LogP contribution in [0.25, 0.3) is 0 Å². The van der Waals surface area contributed by atoms with Gasteiger partial charge >= 0.3 is 11.9 Å². The standard InChI is InChI=1S/C16H12O6/c1-10(17)21-12-4-2-11(3-5-12)16(18)22-13-6-7-14-15(8-13)20-9-19-14/h2-8H,9H2,1H3. The van der Waals surface area contributed by atoms with Crippen LogP contribution in [0.2, 0.25) is 0 Å². The first-order chi connectivity index (χ1) is 10.6. The van der Waals surface area contributed by atoms with Crippen molar-refractivity contribution < 1.29 is 28.5 Å². The molecule has 0 atom stereocenters. The second kappa shape index (κ2) is 5.77. The van der Waals surface area contributed by atoms with Gasteiger partial charge in [0.05, 0.1) is 5.56 Å². The molecule has 1 heterocycles. The summed E-state index contributed by atoms with van der Waals surface area (Å²) in [6.07, 6.45) is 0. The molecule has 0 spiro atoms. The van der Waals surface area contributed by atoms with Crippen molar-refractivity contribution in [2.24, 2.45) is 0 Å². The third-order valence-electron chi connectivity index (χ3n) is 2.91. The van der Waals surface area contributed by atoms with E-state index in [-0.39, 0.29) is 6.79 Å². The van der Waals surface area contributed by atoms with Crippen molar-refractivity contribution in [3.8, 4) is 23.0 Å². The minimum Gasteiger partial charge on any atom is -0.454 e. The van der Waals surface area contributed by atoms with Crippen LogP contribution in [-0.2, 0) is 4.79 Å². The van der Waals surface area contributed by atoms with Crippen LogP contribution >= 0.6 is 0 Å². The minimum atomic E-state index is -0.520. The Kier molecular flexibility index (Phi) is 3.65. The van der Waals surface area contributed by atoms with Crippen molar-refractivity contribution >= 4 is 11.9 Å². The van der Waals surface area contributed by atoms with Gasteiger partial charge in [0.15, 0.2) is 11.5 Å². The van der Waals surface area contributed by atoms with Gasteiger partial charge in [-0.25, -0.2) is 4.79 Å². The summed E-state index contributed by atoms with van der Waals surface area (Å²) in [5, 5.41) is 0. The zero-order chi connectivity index (χ0) is 15.5. The van der Waals surface area contributed by atoms with Gasteiger partial charge < -0.3 is 18.9 Å². The first-order valence-corrected chi connectivity index (χ1v) is 6.52. The number of carbonyl (C=O) groups excluding carboxylic acids is 2. The van der Waals surface area contributed by atoms with Gasteiger partial charge in [0.25, 0.3) is 0 Å². The topological polar surface area (TPSA) is 71.1 Å². The van der Waals surface area contributed by atoms with Crippen LogP contribution in [0.3, 0.4) is 0 Å². The van der Waals surface area contributed by atoms with E-state index in [9.17, 15) is 9.59 Å². The second-order valence-corrected chi connectivity index (χ2v) is 4.52. The molecule has 0 bridgehead atoms. The molecule has 6 heteroatoms. The average molecular weight is 300 g/mol. The maximum absolute atomic E-state index is 12.0. The van der Waals surface area contributed by atoms with E-state index in [1.807, 2.05) is 0 Å². The van der Waals surface area contributed by atoms with Crippen LogP contribution in [0.1, 0.15) is 17.3 Å². The molecular weight excluding hydrogens is 288 g/mol. The third-order valence-corrected chi connectivity index (χ3v) is 2.91. The van der Waals surface area contributed by atoms with Crippen molar-refractivity contribution in [1.29, 1.82) is 0 Å². The van der Waals surface area contributed by atoms with Crippen molar-refractivity contribution in [2.45, 2.75) is 6.92 Å². The lowest BCUT2D eigenvalue weighted by Gasteiger charge is -2.06. The summed E-state index contributed by atoms with van der Waals surface area (Å²) in [6, 6.07) is 11.0. The van der Waals surface area contributed by atoms with Gasteiger partial charge in [0.2, 0.25) is 6.79 Å². The van der Waals surface area contributed by atoms with Crippen LogP contribution in [0.4, 0.5) is 0 Å². The maximum Gasteiger partial charge on any atom is 0.343 e. The molecule has 1 aliphatic heterocycles. The van der Waals surface area contributed by atoms with E-state index >= 15 is 0 Å². The molecule has 0 unspecified atom stereocenters. The molecule has 2 aromatic rings. The van der Waals surface area contributed by atoms with Crippen molar-refractivity contribution in [1.82, 2.24) is 0 Å². The van der Waals surface area contributed by atoms with Crippen LogP contribution < -0.4 is 18.9 Å². The van der Waals surface area contributed by atoms with E-state index in [0.29, 0.717) is 28.6 Å². The summed E-state index contributed by atoms with van der Waals surface area (Å²) in [4.78, 5) is 22.9. The molecule has 0 saturated carbocycles. The number of rotatable bonds is 3. The number of ether oxygens (including phenoxy) is 4. The van der Waals surface area contributed by atoms with Crippen LogP contribution in [0.15, 0.2) is 42.5 Å². The smallest absolute Gasteiger partial charge is 0.343 e. The van der Waals surface area contributed by atoms with Crippen LogP contribution in [0.5, 0.6) is 23.0 Å². The van der Waals surface area contributed by atoms with E-state index < -0.39 is 11.9 Å². The molecule has 0 aliphatic carbocycles. The van der Waals surface area contributed by atoms with Gasteiger partial charge in [-0.15, -0.1) is 0 Å². The zero-order valence-corrected chi connectivity index (χ0v) is 11.7. The zero-order valence-electron chi connectivity index (χ0n) is 11.7. The molecule has 0 amide bonds. The summed E-state index contributed by atoms with van der Waals surface area (Å²) >= 11 is 0. The number of benzene rings is 2. The minimum absolute atomic E-state index is 0.157. The van der Waals surface area contributed by atoms with Gasteiger partial charge in [0.1, 0.15) is 11.5 Å². The van der Waals surface area contributed by atoms with Gasteiger partial charge in [-0.05, 0) is 36.4 Å². The highest BCUT2D eigenvalue weighted by Gasteiger charge is 2.16. The number of hydrogen-bond acceptors (Lipinski definition) is 6. The Bertz CT molecular complexity index is 720. The van der Waals surface area contributed by atoms with Gasteiger partial charge in [0, 0.05) is 13.0 Å². The molecule has 3 rings (SSSR count). The fraction of sp³-hybridized carbons (Fsp3) is 0.125. The summed E-state index contributed by atoms with van der Waals surface area (Å²) in [6.45, 7) is 1.46. The Morgan fingerprint density at radius 2 is 1.59 bits per heavy atom. The lowest BCUT2D eigenvalue weighted by molar-refractivity contribution is -0.131. The quantitative estimate of drug-likeness (QED) is 0.641. The largest absolute Gasteiger partial charge is 0.454 e. The first kappa shape index (κ1) is 13.9. The van der Waals surface area contributed by atoms with E-state index in [0.717, 1.165) is 0 Å². The van der Waals surface area contributed by atoms with Crippen molar-refractivity contribution in [2.75, 3.05) is 6.79 Å². The molecule has 112 valence electrons. The normalized spacial score (nSPS) is 11.9. The molecule has 0 fully saturated rings. The Hall–Kier alpha value is -3.02. The molecule has 0 radical (unpaired) electrons. The predicted molar refractivity (Wildman–Crippen MR) is 75.3 cm³/mol. The first-order valence-electron chi connectivity index (χ1n) is 6.52. The molecule has 0 saturated heterocycles. The van der Waals surface area contributed by atoms with E-state index in [2.05, 4.69) is 0 Å². The van der Waals surface area contributed by atoms with Gasteiger partial charge in [-0.2, -0.15) is 0 Å². The molecular formula is C16H12O6. The summed E-state index contributed by atoms with van der Waals surface area (Å²) < 4.78 is 20.6. The summed E-state index contributed by atoms with van der Waals surface area (Å²) in [5.41, 5.74) is 0.341. The van der Waals surface area contributed by atoms with Gasteiger partial charge in [-0.3, -0.25) is 4.79 Å². The highest BCUT2D eigenvalue weighted by atomic mass is 16.7. The second-order valence-electron chi connectivity index (χ2n) is 4.52. The molecule has 0 aromatic heterocycles. The van der Waals surface area contributed by atoms with E-state index in [4.69, 9.17) is 18.9 Å². The summed E-state index contributed by atoms with van der Waals surface area (Å²) in [5.74, 6) is 0.940. The highest BCUT2D eigenvalue weighted by Crippen LogP contribution is 2.35. The molecule has 6 nitrogen and oxygen atoms in total. The number of fused-ring (bicyclic) bond motifs is 1. The molecule has 0 N–H and O–H groups in total. The van der Waals surface area contributed by atoms with Crippen LogP contribution in [0, 0.1) is 0 Å². The predicted octanol–water partition coefficient (Wildman–Crippen LogP) is 2.56. The number of carbonyl (C=O) groups is 2. The lowest BCUT2D eigenvalue weighted by atomic mass is 10.2. The Labute approximate surface area is 126 Å². The number of esters is 2. The Morgan fingerprint density at radius 1 is 0.909 bits per heavy atom. The van der Waals surface area contributed by atoms with Gasteiger partial charge in [-0.1, -0.05) is 0 Å².